The Hall–Kier alpha value is -2.73. The van der Waals surface area contributed by atoms with Gasteiger partial charge in [-0.2, -0.15) is 0 Å². The summed E-state index contributed by atoms with van der Waals surface area (Å²) >= 11 is 0. The van der Waals surface area contributed by atoms with Crippen molar-refractivity contribution in [1.82, 2.24) is 10.2 Å². The van der Waals surface area contributed by atoms with Crippen LogP contribution in [0, 0.1) is 0 Å². The SMILES string of the molecule is COc1cc(C(=O)NC[C@H](c2ccccc2)N2CCCC2)cc2c1OCCO2. The second kappa shape index (κ2) is 8.52. The van der Waals surface area contributed by atoms with Gasteiger partial charge in [0.2, 0.25) is 5.75 Å². The van der Waals surface area contributed by atoms with E-state index in [4.69, 9.17) is 14.2 Å². The molecule has 2 aromatic rings. The van der Waals surface area contributed by atoms with E-state index in [2.05, 4.69) is 22.3 Å². The molecule has 4 rings (SSSR count). The van der Waals surface area contributed by atoms with E-state index in [1.807, 2.05) is 18.2 Å². The molecule has 0 radical (unpaired) electrons. The fourth-order valence-electron chi connectivity index (χ4n) is 3.88. The van der Waals surface area contributed by atoms with Crippen molar-refractivity contribution < 1.29 is 19.0 Å². The number of nitrogens with one attached hydrogen (secondary N) is 1. The number of amides is 1. The summed E-state index contributed by atoms with van der Waals surface area (Å²) < 4.78 is 16.6. The number of carbonyl (C=O) groups is 1. The van der Waals surface area contributed by atoms with Crippen LogP contribution in [0.5, 0.6) is 17.2 Å². The van der Waals surface area contributed by atoms with Crippen LogP contribution in [-0.4, -0.2) is 50.8 Å². The molecule has 6 nitrogen and oxygen atoms in total. The first-order valence-electron chi connectivity index (χ1n) is 9.81. The zero-order chi connectivity index (χ0) is 19.3. The van der Waals surface area contributed by atoms with Crippen molar-refractivity contribution in [2.45, 2.75) is 18.9 Å². The standard InChI is InChI=1S/C22H26N2O4/c1-26-19-13-17(14-20-21(19)28-12-11-27-20)22(25)23-15-18(24-9-5-6-10-24)16-7-3-2-4-8-16/h2-4,7-8,13-14,18H,5-6,9-12,15H2,1H3,(H,23,25)/t18-/m1/s1. The first-order chi connectivity index (χ1) is 13.8. The Bertz CT molecular complexity index is 802. The number of likely N-dealkylation sites (tertiary alicyclic amines) is 1. The molecule has 148 valence electrons. The molecule has 2 aliphatic heterocycles. The average Bonchev–Trinajstić information content (AvgIpc) is 3.28. The number of hydrogen-bond donors (Lipinski definition) is 1. The summed E-state index contributed by atoms with van der Waals surface area (Å²) in [4.78, 5) is 15.3. The van der Waals surface area contributed by atoms with Gasteiger partial charge in [-0.05, 0) is 43.6 Å². The average molecular weight is 382 g/mol. The molecule has 0 aromatic heterocycles. The number of ether oxygens (including phenoxy) is 3. The number of hydrogen-bond acceptors (Lipinski definition) is 5. The topological polar surface area (TPSA) is 60.0 Å². The highest BCUT2D eigenvalue weighted by Crippen LogP contribution is 2.40. The van der Waals surface area contributed by atoms with Crippen LogP contribution < -0.4 is 19.5 Å². The molecule has 0 saturated carbocycles. The van der Waals surface area contributed by atoms with E-state index in [-0.39, 0.29) is 11.9 Å². The number of rotatable bonds is 6. The highest BCUT2D eigenvalue weighted by atomic mass is 16.6. The molecule has 2 aliphatic rings. The Morgan fingerprint density at radius 2 is 1.89 bits per heavy atom. The first kappa shape index (κ1) is 18.6. The van der Waals surface area contributed by atoms with E-state index in [1.54, 1.807) is 19.2 Å². The summed E-state index contributed by atoms with van der Waals surface area (Å²) in [5, 5.41) is 3.10. The third-order valence-corrected chi connectivity index (χ3v) is 5.31. The molecule has 2 aromatic carbocycles. The van der Waals surface area contributed by atoms with Gasteiger partial charge in [0.25, 0.3) is 5.91 Å². The third-order valence-electron chi connectivity index (χ3n) is 5.31. The Morgan fingerprint density at radius 3 is 2.64 bits per heavy atom. The number of methoxy groups -OCH3 is 1. The monoisotopic (exact) mass is 382 g/mol. The predicted molar refractivity (Wildman–Crippen MR) is 106 cm³/mol. The molecule has 6 heteroatoms. The number of benzene rings is 2. The summed E-state index contributed by atoms with van der Waals surface area (Å²) in [7, 11) is 1.56. The van der Waals surface area contributed by atoms with E-state index in [1.165, 1.54) is 18.4 Å². The fraction of sp³-hybridized carbons (Fsp3) is 0.409. The zero-order valence-corrected chi connectivity index (χ0v) is 16.1. The quantitative estimate of drug-likeness (QED) is 0.832. The van der Waals surface area contributed by atoms with E-state index < -0.39 is 0 Å². The highest BCUT2D eigenvalue weighted by Gasteiger charge is 2.25. The van der Waals surface area contributed by atoms with Gasteiger partial charge < -0.3 is 19.5 Å². The first-order valence-corrected chi connectivity index (χ1v) is 9.81. The van der Waals surface area contributed by atoms with Gasteiger partial charge in [-0.1, -0.05) is 30.3 Å². The molecule has 1 atom stereocenters. The Kier molecular flexibility index (Phi) is 5.67. The Labute approximate surface area is 165 Å². The van der Waals surface area contributed by atoms with Crippen molar-refractivity contribution >= 4 is 5.91 Å². The second-order valence-electron chi connectivity index (χ2n) is 7.08. The second-order valence-corrected chi connectivity index (χ2v) is 7.08. The van der Waals surface area contributed by atoms with Crippen LogP contribution in [0.15, 0.2) is 42.5 Å². The van der Waals surface area contributed by atoms with Crippen LogP contribution in [0.4, 0.5) is 0 Å². The lowest BCUT2D eigenvalue weighted by atomic mass is 10.1. The minimum atomic E-state index is -0.143. The van der Waals surface area contributed by atoms with Crippen LogP contribution in [-0.2, 0) is 0 Å². The maximum atomic E-state index is 12.9. The van der Waals surface area contributed by atoms with Crippen LogP contribution in [0.1, 0.15) is 34.8 Å². The number of fused-ring (bicyclic) bond motifs is 1. The molecule has 0 bridgehead atoms. The lowest BCUT2D eigenvalue weighted by Gasteiger charge is -2.28. The molecular weight excluding hydrogens is 356 g/mol. The van der Waals surface area contributed by atoms with Gasteiger partial charge in [-0.3, -0.25) is 9.69 Å². The lowest BCUT2D eigenvalue weighted by Crippen LogP contribution is -2.36. The lowest BCUT2D eigenvalue weighted by molar-refractivity contribution is 0.0936. The predicted octanol–water partition coefficient (Wildman–Crippen LogP) is 3.03. The molecule has 0 unspecified atom stereocenters. The third kappa shape index (κ3) is 3.92. The van der Waals surface area contributed by atoms with Crippen LogP contribution in [0.2, 0.25) is 0 Å². The normalized spacial score (nSPS) is 17.2. The molecule has 1 saturated heterocycles. The maximum Gasteiger partial charge on any atom is 0.251 e. The summed E-state index contributed by atoms with van der Waals surface area (Å²) in [6.07, 6.45) is 2.41. The molecular formula is C22H26N2O4. The van der Waals surface area contributed by atoms with E-state index in [9.17, 15) is 4.79 Å². The van der Waals surface area contributed by atoms with Crippen molar-refractivity contribution in [3.05, 3.63) is 53.6 Å². The van der Waals surface area contributed by atoms with Crippen LogP contribution in [0.25, 0.3) is 0 Å². The van der Waals surface area contributed by atoms with Gasteiger partial charge in [-0.15, -0.1) is 0 Å². The van der Waals surface area contributed by atoms with Crippen molar-refractivity contribution in [3.63, 3.8) is 0 Å². The van der Waals surface area contributed by atoms with Gasteiger partial charge in [0, 0.05) is 12.1 Å². The van der Waals surface area contributed by atoms with Crippen molar-refractivity contribution in [2.24, 2.45) is 0 Å². The van der Waals surface area contributed by atoms with Crippen LogP contribution in [0.3, 0.4) is 0 Å². The van der Waals surface area contributed by atoms with E-state index in [0.717, 1.165) is 13.1 Å². The maximum absolute atomic E-state index is 12.9. The largest absolute Gasteiger partial charge is 0.493 e. The van der Waals surface area contributed by atoms with E-state index >= 15 is 0 Å². The molecule has 28 heavy (non-hydrogen) atoms. The van der Waals surface area contributed by atoms with Crippen molar-refractivity contribution in [3.8, 4) is 17.2 Å². The Morgan fingerprint density at radius 1 is 1.14 bits per heavy atom. The number of carbonyl (C=O) groups excluding carboxylic acids is 1. The van der Waals surface area contributed by atoms with E-state index in [0.29, 0.717) is 42.6 Å². The Balaban J connectivity index is 1.51. The van der Waals surface area contributed by atoms with Gasteiger partial charge in [0.1, 0.15) is 13.2 Å². The van der Waals surface area contributed by atoms with Gasteiger partial charge in [-0.25, -0.2) is 0 Å². The van der Waals surface area contributed by atoms with Crippen molar-refractivity contribution in [1.29, 1.82) is 0 Å². The number of nitrogens with zero attached hydrogens (tertiary/aromatic N) is 1. The van der Waals surface area contributed by atoms with Crippen molar-refractivity contribution in [2.75, 3.05) is 40.0 Å². The smallest absolute Gasteiger partial charge is 0.251 e. The molecule has 0 spiro atoms. The molecule has 2 heterocycles. The molecule has 1 fully saturated rings. The molecule has 1 N–H and O–H groups in total. The van der Waals surface area contributed by atoms with Gasteiger partial charge in [0.15, 0.2) is 11.5 Å². The fourth-order valence-corrected chi connectivity index (χ4v) is 3.88. The minimum Gasteiger partial charge on any atom is -0.493 e. The molecule has 0 aliphatic carbocycles. The minimum absolute atomic E-state index is 0.143. The van der Waals surface area contributed by atoms with Crippen LogP contribution >= 0.6 is 0 Å². The van der Waals surface area contributed by atoms with Gasteiger partial charge in [0.05, 0.1) is 13.2 Å². The van der Waals surface area contributed by atoms with Gasteiger partial charge >= 0.3 is 0 Å². The summed E-state index contributed by atoms with van der Waals surface area (Å²) in [5.41, 5.74) is 1.73. The zero-order valence-electron chi connectivity index (χ0n) is 16.1. The highest BCUT2D eigenvalue weighted by molar-refractivity contribution is 5.95. The summed E-state index contributed by atoms with van der Waals surface area (Å²) in [6.45, 7) is 3.62. The summed E-state index contributed by atoms with van der Waals surface area (Å²) in [5.74, 6) is 1.48. The summed E-state index contributed by atoms with van der Waals surface area (Å²) in [6, 6.07) is 14.0. The molecule has 1 amide bonds.